The second kappa shape index (κ2) is 5.87. The van der Waals surface area contributed by atoms with Crippen LogP contribution in [0.25, 0.3) is 0 Å². The molecule has 1 aromatic carbocycles. The highest BCUT2D eigenvalue weighted by molar-refractivity contribution is 5.38. The number of rotatable bonds is 5. The Balaban J connectivity index is 2.74. The van der Waals surface area contributed by atoms with Gasteiger partial charge in [0.1, 0.15) is 12.4 Å². The number of hydrogen-bond donors (Lipinski definition) is 1. The molecule has 0 aliphatic carbocycles. The van der Waals surface area contributed by atoms with Crippen molar-refractivity contribution < 1.29 is 4.74 Å². The summed E-state index contributed by atoms with van der Waals surface area (Å²) in [5.74, 6) is 0.956. The topological polar surface area (TPSA) is 21.3 Å². The first-order valence-corrected chi connectivity index (χ1v) is 5.98. The van der Waals surface area contributed by atoms with Gasteiger partial charge in [0.2, 0.25) is 0 Å². The van der Waals surface area contributed by atoms with Crippen LogP contribution in [0.1, 0.15) is 26.3 Å². The highest BCUT2D eigenvalue weighted by Gasteiger charge is 2.18. The predicted molar refractivity (Wildman–Crippen MR) is 73.7 cm³/mol. The lowest BCUT2D eigenvalue weighted by atomic mass is 9.86. The maximum atomic E-state index is 5.84. The van der Waals surface area contributed by atoms with Gasteiger partial charge in [-0.25, -0.2) is 0 Å². The zero-order valence-corrected chi connectivity index (χ0v) is 11.3. The van der Waals surface area contributed by atoms with Gasteiger partial charge in [0.15, 0.2) is 0 Å². The first-order chi connectivity index (χ1) is 7.95. The SMILES string of the molecule is C=C(CNC)COc1ccccc1C(C)(C)C. The van der Waals surface area contributed by atoms with Crippen molar-refractivity contribution in [1.29, 1.82) is 0 Å². The molecule has 2 heteroatoms. The van der Waals surface area contributed by atoms with Crippen molar-refractivity contribution in [2.24, 2.45) is 0 Å². The van der Waals surface area contributed by atoms with Crippen molar-refractivity contribution in [2.75, 3.05) is 20.2 Å². The van der Waals surface area contributed by atoms with Crippen molar-refractivity contribution in [3.8, 4) is 5.75 Å². The van der Waals surface area contributed by atoms with E-state index in [1.54, 1.807) is 0 Å². The van der Waals surface area contributed by atoms with Crippen molar-refractivity contribution in [3.05, 3.63) is 42.0 Å². The second-order valence-electron chi connectivity index (χ2n) is 5.32. The number of hydrogen-bond acceptors (Lipinski definition) is 2. The first kappa shape index (κ1) is 13.8. The van der Waals surface area contributed by atoms with Gasteiger partial charge >= 0.3 is 0 Å². The van der Waals surface area contributed by atoms with Crippen LogP contribution in [-0.4, -0.2) is 20.2 Å². The van der Waals surface area contributed by atoms with Crippen molar-refractivity contribution in [2.45, 2.75) is 26.2 Å². The Morgan fingerprint density at radius 2 is 1.94 bits per heavy atom. The fraction of sp³-hybridized carbons (Fsp3) is 0.467. The third kappa shape index (κ3) is 4.23. The summed E-state index contributed by atoms with van der Waals surface area (Å²) in [4.78, 5) is 0. The van der Waals surface area contributed by atoms with Gasteiger partial charge in [-0.1, -0.05) is 45.5 Å². The largest absolute Gasteiger partial charge is 0.489 e. The molecular weight excluding hydrogens is 210 g/mol. The highest BCUT2D eigenvalue weighted by atomic mass is 16.5. The van der Waals surface area contributed by atoms with Crippen LogP contribution in [0.4, 0.5) is 0 Å². The van der Waals surface area contributed by atoms with Gasteiger partial charge in [0.25, 0.3) is 0 Å². The normalized spacial score (nSPS) is 11.3. The minimum atomic E-state index is 0.0981. The number of benzene rings is 1. The average Bonchev–Trinajstić information content (AvgIpc) is 2.26. The van der Waals surface area contributed by atoms with E-state index in [1.807, 2.05) is 19.2 Å². The molecular formula is C15H23NO. The lowest BCUT2D eigenvalue weighted by Gasteiger charge is -2.22. The fourth-order valence-corrected chi connectivity index (χ4v) is 1.69. The molecule has 0 aromatic heterocycles. The van der Waals surface area contributed by atoms with E-state index in [-0.39, 0.29) is 5.41 Å². The van der Waals surface area contributed by atoms with Crippen molar-refractivity contribution >= 4 is 0 Å². The lowest BCUT2D eigenvalue weighted by Crippen LogP contribution is -2.17. The summed E-state index contributed by atoms with van der Waals surface area (Å²) >= 11 is 0. The minimum absolute atomic E-state index is 0.0981. The van der Waals surface area contributed by atoms with Crippen LogP contribution >= 0.6 is 0 Å². The molecule has 1 N–H and O–H groups in total. The molecule has 0 aliphatic rings. The van der Waals surface area contributed by atoms with Crippen LogP contribution in [0.2, 0.25) is 0 Å². The Hall–Kier alpha value is -1.28. The zero-order valence-electron chi connectivity index (χ0n) is 11.3. The van der Waals surface area contributed by atoms with E-state index in [4.69, 9.17) is 4.74 Å². The second-order valence-corrected chi connectivity index (χ2v) is 5.32. The smallest absolute Gasteiger partial charge is 0.123 e. The van der Waals surface area contributed by atoms with Crippen LogP contribution in [0.5, 0.6) is 5.75 Å². The van der Waals surface area contributed by atoms with E-state index < -0.39 is 0 Å². The zero-order chi connectivity index (χ0) is 12.9. The Morgan fingerprint density at radius 3 is 2.53 bits per heavy atom. The lowest BCUT2D eigenvalue weighted by molar-refractivity contribution is 0.338. The molecule has 1 rings (SSSR count). The van der Waals surface area contributed by atoms with Crippen LogP contribution in [0.15, 0.2) is 36.4 Å². The van der Waals surface area contributed by atoms with Crippen molar-refractivity contribution in [1.82, 2.24) is 5.32 Å². The minimum Gasteiger partial charge on any atom is -0.489 e. The summed E-state index contributed by atoms with van der Waals surface area (Å²) in [5.41, 5.74) is 2.38. The molecule has 0 radical (unpaired) electrons. The number of ether oxygens (including phenoxy) is 1. The van der Waals surface area contributed by atoms with Crippen LogP contribution < -0.4 is 10.1 Å². The monoisotopic (exact) mass is 233 g/mol. The third-order valence-electron chi connectivity index (χ3n) is 2.55. The van der Waals surface area contributed by atoms with Gasteiger partial charge in [-0.15, -0.1) is 0 Å². The molecule has 1 aromatic rings. The summed E-state index contributed by atoms with van der Waals surface area (Å²) in [7, 11) is 1.91. The Bertz CT molecular complexity index is 377. The molecule has 0 amide bonds. The molecule has 0 aliphatic heterocycles. The fourth-order valence-electron chi connectivity index (χ4n) is 1.69. The summed E-state index contributed by atoms with van der Waals surface area (Å²) in [6.45, 7) is 11.9. The van der Waals surface area contributed by atoms with E-state index in [0.717, 1.165) is 17.9 Å². The van der Waals surface area contributed by atoms with Crippen molar-refractivity contribution in [3.63, 3.8) is 0 Å². The molecule has 17 heavy (non-hydrogen) atoms. The van der Waals surface area contributed by atoms with Crippen LogP contribution in [0, 0.1) is 0 Å². The van der Waals surface area contributed by atoms with E-state index in [9.17, 15) is 0 Å². The molecule has 0 heterocycles. The summed E-state index contributed by atoms with van der Waals surface area (Å²) in [5, 5.41) is 3.07. The first-order valence-electron chi connectivity index (χ1n) is 5.98. The van der Waals surface area contributed by atoms with E-state index in [1.165, 1.54) is 5.56 Å². The average molecular weight is 233 g/mol. The van der Waals surface area contributed by atoms with E-state index >= 15 is 0 Å². The number of nitrogens with one attached hydrogen (secondary N) is 1. The molecule has 0 spiro atoms. The third-order valence-corrected chi connectivity index (χ3v) is 2.55. The summed E-state index contributed by atoms with van der Waals surface area (Å²) in [6.07, 6.45) is 0. The maximum Gasteiger partial charge on any atom is 0.123 e. The Kier molecular flexibility index (Phi) is 4.76. The van der Waals surface area contributed by atoms with Gasteiger partial charge < -0.3 is 10.1 Å². The van der Waals surface area contributed by atoms with Crippen LogP contribution in [-0.2, 0) is 5.41 Å². The van der Waals surface area contributed by atoms with Gasteiger partial charge in [-0.3, -0.25) is 0 Å². The molecule has 0 bridgehead atoms. The van der Waals surface area contributed by atoms with E-state index in [2.05, 4.69) is 44.8 Å². The maximum absolute atomic E-state index is 5.84. The van der Waals surface area contributed by atoms with Gasteiger partial charge in [-0.2, -0.15) is 0 Å². The molecule has 94 valence electrons. The van der Waals surface area contributed by atoms with E-state index in [0.29, 0.717) is 6.61 Å². The predicted octanol–water partition coefficient (Wildman–Crippen LogP) is 3.14. The number of para-hydroxylation sites is 1. The van der Waals surface area contributed by atoms with Gasteiger partial charge in [-0.05, 0) is 29.7 Å². The number of likely N-dealkylation sites (N-methyl/N-ethyl adjacent to an activating group) is 1. The van der Waals surface area contributed by atoms with Crippen LogP contribution in [0.3, 0.4) is 0 Å². The summed E-state index contributed by atoms with van der Waals surface area (Å²) in [6, 6.07) is 8.20. The molecule has 0 fully saturated rings. The standard InChI is InChI=1S/C15H23NO/c1-12(10-16-5)11-17-14-9-7-6-8-13(14)15(2,3)4/h6-9,16H,1,10-11H2,2-5H3. The quantitative estimate of drug-likeness (QED) is 0.789. The summed E-state index contributed by atoms with van der Waals surface area (Å²) < 4.78 is 5.84. The molecule has 0 atom stereocenters. The Morgan fingerprint density at radius 1 is 1.29 bits per heavy atom. The molecule has 0 unspecified atom stereocenters. The highest BCUT2D eigenvalue weighted by Crippen LogP contribution is 2.30. The molecule has 0 saturated heterocycles. The van der Waals surface area contributed by atoms with Gasteiger partial charge in [0, 0.05) is 6.54 Å². The van der Waals surface area contributed by atoms with Gasteiger partial charge in [0.05, 0.1) is 0 Å². The Labute approximate surface area is 105 Å². The molecule has 0 saturated carbocycles. The molecule has 2 nitrogen and oxygen atoms in total.